The third kappa shape index (κ3) is 1.33. The van der Waals surface area contributed by atoms with Gasteiger partial charge >= 0.3 is 0 Å². The second kappa shape index (κ2) is 2.85. The largest absolute Gasteiger partial charge is 0.269 e. The smallest absolute Gasteiger partial charge is 0.261 e. The third-order valence-corrected chi connectivity index (χ3v) is 1.90. The molecule has 0 aromatic carbocycles. The summed E-state index contributed by atoms with van der Waals surface area (Å²) in [4.78, 5) is 4.12. The molecule has 0 saturated carbocycles. The monoisotopic (exact) mass is 275 g/mol. The number of H-pyrrole nitrogens is 1. The number of halogens is 1. The molecule has 0 fully saturated rings. The Morgan fingerprint density at radius 1 is 1.58 bits per heavy atom. The number of hydrogen-bond acceptors (Lipinski definition) is 3. The second-order valence-corrected chi connectivity index (χ2v) is 3.57. The molecule has 62 valence electrons. The van der Waals surface area contributed by atoms with Gasteiger partial charge in [-0.25, -0.2) is 4.68 Å². The minimum Gasteiger partial charge on any atom is -0.261 e. The van der Waals surface area contributed by atoms with Crippen molar-refractivity contribution in [1.29, 1.82) is 0 Å². The molecule has 0 bridgehead atoms. The molecular weight excluding hydrogens is 269 g/mol. The molecule has 0 aliphatic heterocycles. The first-order chi connectivity index (χ1) is 5.75. The fourth-order valence-corrected chi connectivity index (χ4v) is 1.23. The molecular formula is C6H6IN5. The van der Waals surface area contributed by atoms with Crippen LogP contribution >= 0.6 is 22.6 Å². The lowest BCUT2D eigenvalue weighted by atomic mass is 10.7. The summed E-state index contributed by atoms with van der Waals surface area (Å²) >= 11 is 2.19. The van der Waals surface area contributed by atoms with Crippen molar-refractivity contribution < 1.29 is 0 Å². The lowest BCUT2D eigenvalue weighted by Gasteiger charge is -1.88. The van der Waals surface area contributed by atoms with Crippen LogP contribution in [0.4, 0.5) is 0 Å². The van der Waals surface area contributed by atoms with Gasteiger partial charge in [-0.2, -0.15) is 10.1 Å². The fourth-order valence-electron chi connectivity index (χ4n) is 0.844. The molecule has 0 atom stereocenters. The predicted molar refractivity (Wildman–Crippen MR) is 51.0 cm³/mol. The standard InChI is InChI=1S/C6H6IN5/c1-4-9-6(11-10-4)12-3-5(7)2-8-12/h2-3H,1H3,(H,9,10,11). The van der Waals surface area contributed by atoms with E-state index in [1.807, 2.05) is 13.1 Å². The molecule has 2 aromatic rings. The SMILES string of the molecule is Cc1nc(-n2cc(I)cn2)n[nH]1. The molecule has 2 heterocycles. The molecule has 0 unspecified atom stereocenters. The van der Waals surface area contributed by atoms with Crippen LogP contribution < -0.4 is 0 Å². The summed E-state index contributed by atoms with van der Waals surface area (Å²) < 4.78 is 2.70. The zero-order valence-corrected chi connectivity index (χ0v) is 8.48. The van der Waals surface area contributed by atoms with Crippen LogP contribution in [0.5, 0.6) is 0 Å². The summed E-state index contributed by atoms with van der Waals surface area (Å²) in [5.74, 6) is 1.37. The van der Waals surface area contributed by atoms with E-state index in [4.69, 9.17) is 0 Å². The first-order valence-corrected chi connectivity index (χ1v) is 4.43. The van der Waals surface area contributed by atoms with E-state index in [1.54, 1.807) is 10.9 Å². The minimum absolute atomic E-state index is 0.579. The van der Waals surface area contributed by atoms with Crippen LogP contribution in [0.15, 0.2) is 12.4 Å². The molecule has 6 heteroatoms. The number of nitrogens with zero attached hydrogens (tertiary/aromatic N) is 4. The predicted octanol–water partition coefficient (Wildman–Crippen LogP) is 0.903. The van der Waals surface area contributed by atoms with E-state index in [2.05, 4.69) is 42.9 Å². The highest BCUT2D eigenvalue weighted by molar-refractivity contribution is 14.1. The zero-order valence-electron chi connectivity index (χ0n) is 6.32. The maximum Gasteiger partial charge on any atom is 0.269 e. The number of aromatic nitrogens is 5. The highest BCUT2D eigenvalue weighted by Gasteiger charge is 2.02. The number of aryl methyl sites for hydroxylation is 1. The third-order valence-electron chi connectivity index (χ3n) is 1.34. The van der Waals surface area contributed by atoms with Gasteiger partial charge in [0.15, 0.2) is 0 Å². The van der Waals surface area contributed by atoms with Crippen molar-refractivity contribution in [3.8, 4) is 5.95 Å². The Hall–Kier alpha value is -0.920. The van der Waals surface area contributed by atoms with Crippen molar-refractivity contribution >= 4 is 22.6 Å². The van der Waals surface area contributed by atoms with Crippen LogP contribution in [0, 0.1) is 10.5 Å². The molecule has 0 spiro atoms. The van der Waals surface area contributed by atoms with Gasteiger partial charge in [0.25, 0.3) is 5.95 Å². The molecule has 2 rings (SSSR count). The van der Waals surface area contributed by atoms with Gasteiger partial charge in [-0.05, 0) is 29.5 Å². The molecule has 0 saturated heterocycles. The molecule has 2 aromatic heterocycles. The van der Waals surface area contributed by atoms with Crippen LogP contribution in [0.3, 0.4) is 0 Å². The van der Waals surface area contributed by atoms with Gasteiger partial charge in [-0.15, -0.1) is 5.10 Å². The van der Waals surface area contributed by atoms with Gasteiger partial charge in [0, 0.05) is 6.20 Å². The van der Waals surface area contributed by atoms with Crippen molar-refractivity contribution in [3.63, 3.8) is 0 Å². The van der Waals surface area contributed by atoms with E-state index in [9.17, 15) is 0 Å². The van der Waals surface area contributed by atoms with Crippen LogP contribution in [-0.4, -0.2) is 25.0 Å². The Morgan fingerprint density at radius 3 is 2.92 bits per heavy atom. The highest BCUT2D eigenvalue weighted by Crippen LogP contribution is 2.04. The number of aromatic amines is 1. The molecule has 0 aliphatic rings. The number of rotatable bonds is 1. The molecule has 0 amide bonds. The van der Waals surface area contributed by atoms with E-state index < -0.39 is 0 Å². The van der Waals surface area contributed by atoms with Gasteiger partial charge in [0.05, 0.1) is 9.77 Å². The summed E-state index contributed by atoms with van der Waals surface area (Å²) in [5, 5.41) is 10.8. The van der Waals surface area contributed by atoms with Crippen molar-refractivity contribution in [2.75, 3.05) is 0 Å². The maximum absolute atomic E-state index is 4.12. The molecule has 12 heavy (non-hydrogen) atoms. The van der Waals surface area contributed by atoms with E-state index >= 15 is 0 Å². The van der Waals surface area contributed by atoms with Crippen LogP contribution in [0.2, 0.25) is 0 Å². The summed E-state index contributed by atoms with van der Waals surface area (Å²) in [6.45, 7) is 1.85. The quantitative estimate of drug-likeness (QED) is 0.787. The van der Waals surface area contributed by atoms with E-state index in [1.165, 1.54) is 0 Å². The Bertz CT molecular complexity index is 352. The first kappa shape index (κ1) is 7.71. The maximum atomic E-state index is 4.12. The summed E-state index contributed by atoms with van der Waals surface area (Å²) in [5.41, 5.74) is 0. The lowest BCUT2D eigenvalue weighted by molar-refractivity contribution is 0.813. The average molecular weight is 275 g/mol. The summed E-state index contributed by atoms with van der Waals surface area (Å²) in [7, 11) is 0. The van der Waals surface area contributed by atoms with Gasteiger partial charge in [-0.1, -0.05) is 0 Å². The number of hydrogen-bond donors (Lipinski definition) is 1. The highest BCUT2D eigenvalue weighted by atomic mass is 127. The van der Waals surface area contributed by atoms with Crippen LogP contribution in [0.1, 0.15) is 5.82 Å². The normalized spacial score (nSPS) is 10.5. The minimum atomic E-state index is 0.579. The van der Waals surface area contributed by atoms with Crippen molar-refractivity contribution in [1.82, 2.24) is 25.0 Å². The van der Waals surface area contributed by atoms with Crippen molar-refractivity contribution in [3.05, 3.63) is 21.8 Å². The topological polar surface area (TPSA) is 59.4 Å². The fraction of sp³-hybridized carbons (Fsp3) is 0.167. The zero-order chi connectivity index (χ0) is 8.55. The second-order valence-electron chi connectivity index (χ2n) is 2.32. The average Bonchev–Trinajstić information content (AvgIpc) is 2.58. The van der Waals surface area contributed by atoms with Crippen molar-refractivity contribution in [2.24, 2.45) is 0 Å². The van der Waals surface area contributed by atoms with E-state index in [0.29, 0.717) is 5.95 Å². The van der Waals surface area contributed by atoms with Crippen molar-refractivity contribution in [2.45, 2.75) is 6.92 Å². The Kier molecular flexibility index (Phi) is 1.83. The summed E-state index contributed by atoms with van der Waals surface area (Å²) in [6.07, 6.45) is 3.62. The van der Waals surface area contributed by atoms with E-state index in [0.717, 1.165) is 9.39 Å². The Balaban J connectivity index is 2.43. The Morgan fingerprint density at radius 2 is 2.42 bits per heavy atom. The van der Waals surface area contributed by atoms with E-state index in [-0.39, 0.29) is 0 Å². The lowest BCUT2D eigenvalue weighted by Crippen LogP contribution is -1.96. The van der Waals surface area contributed by atoms with Crippen LogP contribution in [0.25, 0.3) is 5.95 Å². The first-order valence-electron chi connectivity index (χ1n) is 3.35. The number of nitrogens with one attached hydrogen (secondary N) is 1. The molecule has 0 radical (unpaired) electrons. The molecule has 5 nitrogen and oxygen atoms in total. The van der Waals surface area contributed by atoms with Crippen LogP contribution in [-0.2, 0) is 0 Å². The molecule has 1 N–H and O–H groups in total. The van der Waals surface area contributed by atoms with Gasteiger partial charge in [-0.3, -0.25) is 5.10 Å². The summed E-state index contributed by atoms with van der Waals surface area (Å²) in [6, 6.07) is 0. The van der Waals surface area contributed by atoms with Gasteiger partial charge in [0.2, 0.25) is 0 Å². The van der Waals surface area contributed by atoms with Gasteiger partial charge < -0.3 is 0 Å². The Labute approximate surface area is 82.3 Å². The molecule has 0 aliphatic carbocycles. The van der Waals surface area contributed by atoms with Gasteiger partial charge in [0.1, 0.15) is 5.82 Å².